The van der Waals surface area contributed by atoms with Crippen LogP contribution < -0.4 is 0 Å². The van der Waals surface area contributed by atoms with Gasteiger partial charge in [0.15, 0.2) is 0 Å². The lowest BCUT2D eigenvalue weighted by Crippen LogP contribution is -2.45. The summed E-state index contributed by atoms with van der Waals surface area (Å²) in [5.74, 6) is 0. The highest BCUT2D eigenvalue weighted by molar-refractivity contribution is 4.98. The minimum absolute atomic E-state index is 0.373. The number of hydrogen-bond donors (Lipinski definition) is 0. The van der Waals surface area contributed by atoms with Gasteiger partial charge in [-0.25, -0.2) is 0 Å². The zero-order valence-corrected chi connectivity index (χ0v) is 9.57. The highest BCUT2D eigenvalue weighted by Gasteiger charge is 2.40. The second-order valence-corrected chi connectivity index (χ2v) is 4.90. The van der Waals surface area contributed by atoms with Gasteiger partial charge >= 0.3 is 0 Å². The predicted octanol–water partition coefficient (Wildman–Crippen LogP) is 0.800. The molecule has 82 valence electrons. The first kappa shape index (κ1) is 10.4. The maximum atomic E-state index is 5.58. The smallest absolute Gasteiger partial charge is 0.0597 e. The summed E-state index contributed by atoms with van der Waals surface area (Å²) in [5.41, 5.74) is 0. The Morgan fingerprint density at radius 2 is 2.07 bits per heavy atom. The summed E-state index contributed by atoms with van der Waals surface area (Å²) >= 11 is 0. The molecular weight excluding hydrogens is 176 g/mol. The topological polar surface area (TPSA) is 15.7 Å². The highest BCUT2D eigenvalue weighted by atomic mass is 16.5. The van der Waals surface area contributed by atoms with Crippen molar-refractivity contribution in [3.8, 4) is 0 Å². The Morgan fingerprint density at radius 1 is 1.29 bits per heavy atom. The van der Waals surface area contributed by atoms with Gasteiger partial charge in [0.1, 0.15) is 0 Å². The molecule has 2 atom stereocenters. The minimum atomic E-state index is 0.373. The number of likely N-dealkylation sites (N-methyl/N-ethyl adjacent to an activating group) is 1. The summed E-state index contributed by atoms with van der Waals surface area (Å²) in [4.78, 5) is 5.08. The molecule has 0 aliphatic carbocycles. The zero-order chi connectivity index (χ0) is 10.1. The quantitative estimate of drug-likeness (QED) is 0.664. The summed E-state index contributed by atoms with van der Waals surface area (Å²) in [7, 11) is 2.24. The Morgan fingerprint density at radius 3 is 2.57 bits per heavy atom. The number of nitrogens with zero attached hydrogens (tertiary/aromatic N) is 2. The van der Waals surface area contributed by atoms with Crippen molar-refractivity contribution >= 4 is 0 Å². The third-order valence-electron chi connectivity index (χ3n) is 3.46. The van der Waals surface area contributed by atoms with E-state index < -0.39 is 0 Å². The molecule has 0 radical (unpaired) electrons. The SMILES string of the molecule is CC(C)OCCN1CC2CC1CN2C. The monoisotopic (exact) mass is 198 g/mol. The second-order valence-electron chi connectivity index (χ2n) is 4.90. The molecule has 0 N–H and O–H groups in total. The van der Waals surface area contributed by atoms with E-state index in [-0.39, 0.29) is 0 Å². The molecule has 2 aliphatic heterocycles. The van der Waals surface area contributed by atoms with E-state index in [1.165, 1.54) is 19.5 Å². The van der Waals surface area contributed by atoms with Crippen molar-refractivity contribution < 1.29 is 4.74 Å². The molecule has 0 spiro atoms. The van der Waals surface area contributed by atoms with Crippen LogP contribution in [-0.4, -0.2) is 61.3 Å². The fourth-order valence-electron chi connectivity index (χ4n) is 2.63. The number of likely N-dealkylation sites (tertiary alicyclic amines) is 2. The van der Waals surface area contributed by atoms with Gasteiger partial charge in [-0.2, -0.15) is 0 Å². The van der Waals surface area contributed by atoms with Gasteiger partial charge in [0.05, 0.1) is 12.7 Å². The molecule has 2 fully saturated rings. The van der Waals surface area contributed by atoms with Crippen LogP contribution in [0.3, 0.4) is 0 Å². The normalized spacial score (nSPS) is 33.4. The highest BCUT2D eigenvalue weighted by Crippen LogP contribution is 2.28. The first-order valence-electron chi connectivity index (χ1n) is 5.72. The Bertz CT molecular complexity index is 194. The molecular formula is C11H22N2O. The standard InChI is InChI=1S/C11H22N2O/c1-9(2)14-5-4-13-8-10-6-11(13)7-12(10)3/h9-11H,4-8H2,1-3H3. The number of fused-ring (bicyclic) bond motifs is 2. The van der Waals surface area contributed by atoms with Crippen molar-refractivity contribution in [2.75, 3.05) is 33.3 Å². The molecule has 2 aliphatic rings. The maximum absolute atomic E-state index is 5.58. The molecule has 0 amide bonds. The molecule has 3 nitrogen and oxygen atoms in total. The van der Waals surface area contributed by atoms with Crippen LogP contribution in [0.2, 0.25) is 0 Å². The van der Waals surface area contributed by atoms with E-state index in [0.29, 0.717) is 6.10 Å². The summed E-state index contributed by atoms with van der Waals surface area (Å²) < 4.78 is 5.58. The van der Waals surface area contributed by atoms with Gasteiger partial charge in [-0.3, -0.25) is 4.90 Å². The molecule has 2 bridgehead atoms. The number of ether oxygens (including phenoxy) is 1. The lowest BCUT2D eigenvalue weighted by Gasteiger charge is -2.31. The summed E-state index contributed by atoms with van der Waals surface area (Å²) in [6.07, 6.45) is 1.75. The summed E-state index contributed by atoms with van der Waals surface area (Å²) in [6.45, 7) is 8.72. The van der Waals surface area contributed by atoms with Crippen molar-refractivity contribution in [3.63, 3.8) is 0 Å². The van der Waals surface area contributed by atoms with Crippen molar-refractivity contribution in [3.05, 3.63) is 0 Å². The van der Waals surface area contributed by atoms with Crippen molar-refractivity contribution in [2.24, 2.45) is 0 Å². The lowest BCUT2D eigenvalue weighted by molar-refractivity contribution is 0.0458. The van der Waals surface area contributed by atoms with E-state index in [2.05, 4.69) is 30.7 Å². The largest absolute Gasteiger partial charge is 0.377 e. The maximum Gasteiger partial charge on any atom is 0.0597 e. The van der Waals surface area contributed by atoms with Crippen LogP contribution in [0.1, 0.15) is 20.3 Å². The van der Waals surface area contributed by atoms with Gasteiger partial charge in [0.25, 0.3) is 0 Å². The average molecular weight is 198 g/mol. The van der Waals surface area contributed by atoms with E-state index in [1.807, 2.05) is 0 Å². The van der Waals surface area contributed by atoms with E-state index in [0.717, 1.165) is 25.2 Å². The Balaban J connectivity index is 1.69. The van der Waals surface area contributed by atoms with Gasteiger partial charge < -0.3 is 9.64 Å². The number of rotatable bonds is 4. The first-order valence-corrected chi connectivity index (χ1v) is 5.72. The van der Waals surface area contributed by atoms with Gasteiger partial charge in [-0.05, 0) is 27.3 Å². The van der Waals surface area contributed by atoms with E-state index >= 15 is 0 Å². The van der Waals surface area contributed by atoms with Crippen LogP contribution in [0, 0.1) is 0 Å². The second kappa shape index (κ2) is 4.17. The molecule has 0 aromatic rings. The molecule has 2 heterocycles. The van der Waals surface area contributed by atoms with Crippen LogP contribution in [0.25, 0.3) is 0 Å². The van der Waals surface area contributed by atoms with E-state index in [4.69, 9.17) is 4.74 Å². The van der Waals surface area contributed by atoms with Gasteiger partial charge in [-0.1, -0.05) is 0 Å². The number of hydrogen-bond acceptors (Lipinski definition) is 3. The van der Waals surface area contributed by atoms with Gasteiger partial charge in [-0.15, -0.1) is 0 Å². The molecule has 2 rings (SSSR count). The third kappa shape index (κ3) is 2.10. The van der Waals surface area contributed by atoms with Gasteiger partial charge in [0, 0.05) is 31.7 Å². The molecule has 3 heteroatoms. The fourth-order valence-corrected chi connectivity index (χ4v) is 2.63. The lowest BCUT2D eigenvalue weighted by atomic mass is 10.2. The Labute approximate surface area is 87.0 Å². The number of piperazine rings is 1. The molecule has 14 heavy (non-hydrogen) atoms. The third-order valence-corrected chi connectivity index (χ3v) is 3.46. The van der Waals surface area contributed by atoms with Crippen LogP contribution in [0.5, 0.6) is 0 Å². The van der Waals surface area contributed by atoms with Crippen LogP contribution in [0.4, 0.5) is 0 Å². The molecule has 0 aromatic carbocycles. The first-order chi connectivity index (χ1) is 6.66. The predicted molar refractivity (Wildman–Crippen MR) is 57.5 cm³/mol. The van der Waals surface area contributed by atoms with Crippen LogP contribution in [-0.2, 0) is 4.74 Å². The summed E-state index contributed by atoms with van der Waals surface area (Å²) in [6, 6.07) is 1.62. The van der Waals surface area contributed by atoms with Crippen molar-refractivity contribution in [1.82, 2.24) is 9.80 Å². The van der Waals surface area contributed by atoms with Crippen LogP contribution >= 0.6 is 0 Å². The van der Waals surface area contributed by atoms with Crippen LogP contribution in [0.15, 0.2) is 0 Å². The van der Waals surface area contributed by atoms with Crippen molar-refractivity contribution in [1.29, 1.82) is 0 Å². The minimum Gasteiger partial charge on any atom is -0.377 e. The molecule has 2 saturated heterocycles. The molecule has 0 aromatic heterocycles. The average Bonchev–Trinajstić information content (AvgIpc) is 2.62. The zero-order valence-electron chi connectivity index (χ0n) is 9.57. The summed E-state index contributed by atoms with van der Waals surface area (Å²) in [5, 5.41) is 0. The van der Waals surface area contributed by atoms with Gasteiger partial charge in [0.2, 0.25) is 0 Å². The van der Waals surface area contributed by atoms with E-state index in [1.54, 1.807) is 0 Å². The Hall–Kier alpha value is -0.120. The fraction of sp³-hybridized carbons (Fsp3) is 1.00. The van der Waals surface area contributed by atoms with E-state index in [9.17, 15) is 0 Å². The molecule has 0 saturated carbocycles. The molecule has 2 unspecified atom stereocenters. The van der Waals surface area contributed by atoms with Crippen molar-refractivity contribution in [2.45, 2.75) is 38.5 Å². The Kier molecular flexibility index (Phi) is 3.10.